The second kappa shape index (κ2) is 8.16. The Morgan fingerprint density at radius 2 is 1.62 bits per heavy atom. The Balaban J connectivity index is 1.88. The molecule has 0 spiro atoms. The molecular formula is C21H20N2O3. The van der Waals surface area contributed by atoms with Crippen LogP contribution in [0.4, 0.5) is 0 Å². The third kappa shape index (κ3) is 3.83. The van der Waals surface area contributed by atoms with E-state index in [0.717, 1.165) is 22.3 Å². The smallest absolute Gasteiger partial charge is 0.323 e. The van der Waals surface area contributed by atoms with Crippen molar-refractivity contribution < 1.29 is 14.2 Å². The number of hydrogen-bond acceptors (Lipinski definition) is 5. The zero-order valence-electron chi connectivity index (χ0n) is 14.8. The summed E-state index contributed by atoms with van der Waals surface area (Å²) in [5.41, 5.74) is 4.25. The molecule has 0 unspecified atom stereocenters. The van der Waals surface area contributed by atoms with E-state index in [1.165, 1.54) is 14.2 Å². The lowest BCUT2D eigenvalue weighted by Gasteiger charge is -2.13. The van der Waals surface area contributed by atoms with Gasteiger partial charge in [0.15, 0.2) is 0 Å². The fourth-order valence-electron chi connectivity index (χ4n) is 2.65. The molecule has 1 heterocycles. The molecule has 0 saturated carbocycles. The summed E-state index contributed by atoms with van der Waals surface area (Å²) in [6.07, 6.45) is 1.84. The number of hydrogen-bond donors (Lipinski definition) is 0. The first-order valence-corrected chi connectivity index (χ1v) is 8.14. The van der Waals surface area contributed by atoms with Crippen LogP contribution < -0.4 is 14.2 Å². The summed E-state index contributed by atoms with van der Waals surface area (Å²) in [7, 11) is 3.06. The largest absolute Gasteiger partial charge is 0.481 e. The van der Waals surface area contributed by atoms with E-state index in [1.807, 2.05) is 36.4 Å². The molecule has 0 aliphatic heterocycles. The molecule has 3 rings (SSSR count). The Morgan fingerprint density at radius 3 is 2.23 bits per heavy atom. The van der Waals surface area contributed by atoms with E-state index in [4.69, 9.17) is 14.2 Å². The minimum atomic E-state index is 0.196. The normalized spacial score (nSPS) is 10.2. The SMILES string of the molecule is C=Cc1c(COc2nc(OC)cc(OC)n2)cccc1-c1ccccc1. The first kappa shape index (κ1) is 17.5. The monoisotopic (exact) mass is 348 g/mol. The summed E-state index contributed by atoms with van der Waals surface area (Å²) >= 11 is 0. The van der Waals surface area contributed by atoms with Crippen LogP contribution in [-0.2, 0) is 6.61 Å². The summed E-state index contributed by atoms with van der Waals surface area (Å²) in [6, 6.07) is 18.0. The molecule has 5 nitrogen and oxygen atoms in total. The van der Waals surface area contributed by atoms with Gasteiger partial charge < -0.3 is 14.2 Å². The van der Waals surface area contributed by atoms with Crippen LogP contribution in [0.1, 0.15) is 11.1 Å². The molecule has 0 amide bonds. The first-order chi connectivity index (χ1) is 12.7. The quantitative estimate of drug-likeness (QED) is 0.634. The van der Waals surface area contributed by atoms with E-state index >= 15 is 0 Å². The lowest BCUT2D eigenvalue weighted by molar-refractivity contribution is 0.265. The Labute approximate surface area is 152 Å². The molecule has 2 aromatic carbocycles. The highest BCUT2D eigenvalue weighted by molar-refractivity contribution is 5.76. The van der Waals surface area contributed by atoms with Crippen molar-refractivity contribution >= 4 is 6.08 Å². The van der Waals surface area contributed by atoms with Gasteiger partial charge in [0.2, 0.25) is 11.8 Å². The van der Waals surface area contributed by atoms with Crippen LogP contribution >= 0.6 is 0 Å². The lowest BCUT2D eigenvalue weighted by Crippen LogP contribution is -2.04. The van der Waals surface area contributed by atoms with E-state index in [-0.39, 0.29) is 6.01 Å². The maximum Gasteiger partial charge on any atom is 0.323 e. The number of methoxy groups -OCH3 is 2. The summed E-state index contributed by atoms with van der Waals surface area (Å²) in [5, 5.41) is 0. The van der Waals surface area contributed by atoms with Crippen molar-refractivity contribution in [1.29, 1.82) is 0 Å². The van der Waals surface area contributed by atoms with Gasteiger partial charge in [0.1, 0.15) is 6.61 Å². The third-order valence-corrected chi connectivity index (χ3v) is 3.92. The summed E-state index contributed by atoms with van der Waals surface area (Å²) in [6.45, 7) is 4.26. The molecule has 3 aromatic rings. The Morgan fingerprint density at radius 1 is 0.923 bits per heavy atom. The van der Waals surface area contributed by atoms with Crippen LogP contribution in [0, 0.1) is 0 Å². The van der Waals surface area contributed by atoms with Crippen LogP contribution in [0.15, 0.2) is 61.2 Å². The molecular weight excluding hydrogens is 328 g/mol. The predicted molar refractivity (Wildman–Crippen MR) is 101 cm³/mol. The number of ether oxygens (including phenoxy) is 3. The molecule has 5 heteroatoms. The minimum absolute atomic E-state index is 0.196. The fourth-order valence-corrected chi connectivity index (χ4v) is 2.65. The van der Waals surface area contributed by atoms with Gasteiger partial charge in [0, 0.05) is 0 Å². The molecule has 0 bridgehead atoms. The number of benzene rings is 2. The second-order valence-corrected chi connectivity index (χ2v) is 5.47. The van der Waals surface area contributed by atoms with E-state index < -0.39 is 0 Å². The standard InChI is InChI=1S/C21H20N2O3/c1-4-17-16(11-8-12-18(17)15-9-6-5-7-10-15)14-26-21-22-19(24-2)13-20(23-21)25-3/h4-13H,1,14H2,2-3H3. The average molecular weight is 348 g/mol. The lowest BCUT2D eigenvalue weighted by atomic mass is 9.96. The topological polar surface area (TPSA) is 53.5 Å². The van der Waals surface area contributed by atoms with Gasteiger partial charge in [0.05, 0.1) is 20.3 Å². The van der Waals surface area contributed by atoms with Gasteiger partial charge in [0.25, 0.3) is 0 Å². The fraction of sp³-hybridized carbons (Fsp3) is 0.143. The van der Waals surface area contributed by atoms with Crippen molar-refractivity contribution in [2.75, 3.05) is 14.2 Å². The molecule has 0 aliphatic rings. The number of nitrogens with zero attached hydrogens (tertiary/aromatic N) is 2. The number of rotatable bonds is 7. The molecule has 26 heavy (non-hydrogen) atoms. The molecule has 0 atom stereocenters. The van der Waals surface area contributed by atoms with Crippen LogP contribution in [0.3, 0.4) is 0 Å². The van der Waals surface area contributed by atoms with Gasteiger partial charge in [-0.25, -0.2) is 0 Å². The zero-order chi connectivity index (χ0) is 18.4. The van der Waals surface area contributed by atoms with Crippen LogP contribution in [0.5, 0.6) is 17.8 Å². The molecule has 0 N–H and O–H groups in total. The maximum atomic E-state index is 5.78. The van der Waals surface area contributed by atoms with E-state index in [2.05, 4.69) is 34.7 Å². The van der Waals surface area contributed by atoms with Gasteiger partial charge in [-0.1, -0.05) is 61.2 Å². The molecule has 0 aliphatic carbocycles. The molecule has 1 aromatic heterocycles. The first-order valence-electron chi connectivity index (χ1n) is 8.14. The van der Waals surface area contributed by atoms with Gasteiger partial charge in [-0.2, -0.15) is 9.97 Å². The van der Waals surface area contributed by atoms with Crippen LogP contribution in [-0.4, -0.2) is 24.2 Å². The Kier molecular flexibility index (Phi) is 5.49. The van der Waals surface area contributed by atoms with Crippen molar-refractivity contribution in [3.63, 3.8) is 0 Å². The van der Waals surface area contributed by atoms with E-state index in [0.29, 0.717) is 18.4 Å². The molecule has 0 fully saturated rings. The van der Waals surface area contributed by atoms with Crippen molar-refractivity contribution in [1.82, 2.24) is 9.97 Å². The third-order valence-electron chi connectivity index (χ3n) is 3.92. The molecule has 132 valence electrons. The highest BCUT2D eigenvalue weighted by atomic mass is 16.5. The summed E-state index contributed by atoms with van der Waals surface area (Å²) in [5.74, 6) is 0.766. The van der Waals surface area contributed by atoms with E-state index in [1.54, 1.807) is 6.07 Å². The average Bonchev–Trinajstić information content (AvgIpc) is 2.72. The molecule has 0 saturated heterocycles. The maximum absolute atomic E-state index is 5.78. The zero-order valence-corrected chi connectivity index (χ0v) is 14.8. The number of aromatic nitrogens is 2. The van der Waals surface area contributed by atoms with Crippen molar-refractivity contribution in [3.05, 3.63) is 72.3 Å². The van der Waals surface area contributed by atoms with Crippen molar-refractivity contribution in [3.8, 4) is 28.9 Å². The van der Waals surface area contributed by atoms with Gasteiger partial charge in [-0.3, -0.25) is 0 Å². The van der Waals surface area contributed by atoms with E-state index in [9.17, 15) is 0 Å². The second-order valence-electron chi connectivity index (χ2n) is 5.47. The highest BCUT2D eigenvalue weighted by Gasteiger charge is 2.11. The van der Waals surface area contributed by atoms with Gasteiger partial charge in [-0.15, -0.1) is 0 Å². The summed E-state index contributed by atoms with van der Waals surface area (Å²) < 4.78 is 16.1. The highest BCUT2D eigenvalue weighted by Crippen LogP contribution is 2.28. The van der Waals surface area contributed by atoms with Crippen molar-refractivity contribution in [2.45, 2.75) is 6.61 Å². The van der Waals surface area contributed by atoms with Crippen LogP contribution in [0.25, 0.3) is 17.2 Å². The predicted octanol–water partition coefficient (Wildman–Crippen LogP) is 4.38. The van der Waals surface area contributed by atoms with Gasteiger partial charge in [-0.05, 0) is 22.3 Å². The Hall–Kier alpha value is -3.34. The van der Waals surface area contributed by atoms with Crippen molar-refractivity contribution in [2.24, 2.45) is 0 Å². The Bertz CT molecular complexity index is 873. The minimum Gasteiger partial charge on any atom is -0.481 e. The summed E-state index contributed by atoms with van der Waals surface area (Å²) in [4.78, 5) is 8.38. The van der Waals surface area contributed by atoms with Gasteiger partial charge >= 0.3 is 6.01 Å². The van der Waals surface area contributed by atoms with Crippen LogP contribution in [0.2, 0.25) is 0 Å². The molecule has 0 radical (unpaired) electrons.